The van der Waals surface area contributed by atoms with Gasteiger partial charge in [-0.3, -0.25) is 0 Å². The monoisotopic (exact) mass is 260 g/mol. The Morgan fingerprint density at radius 1 is 1.33 bits per heavy atom. The fourth-order valence-corrected chi connectivity index (χ4v) is 4.73. The summed E-state index contributed by atoms with van der Waals surface area (Å²) in [4.78, 5) is 0. The maximum absolute atomic E-state index is 2.41. The molecule has 0 bridgehead atoms. The zero-order chi connectivity index (χ0) is 13.2. The molecule has 0 aromatic heterocycles. The van der Waals surface area contributed by atoms with Crippen LogP contribution in [0.5, 0.6) is 0 Å². The topological polar surface area (TPSA) is 0 Å². The van der Waals surface area contributed by atoms with Gasteiger partial charge >= 0.3 is 0 Å². The van der Waals surface area contributed by atoms with Gasteiger partial charge in [0.1, 0.15) is 0 Å². The minimum Gasteiger partial charge on any atom is -0.150 e. The molecule has 0 N–H and O–H groups in total. The molecule has 0 radical (unpaired) electrons. The molecule has 0 aromatic rings. The van der Waals surface area contributed by atoms with Crippen LogP contribution in [-0.2, 0) is 0 Å². The normalized spacial score (nSPS) is 27.3. The summed E-state index contributed by atoms with van der Waals surface area (Å²) in [6.45, 7) is 9.39. The third-order valence-corrected chi connectivity index (χ3v) is 6.20. The number of allylic oxidation sites excluding steroid dienone is 7. The molecule has 0 aliphatic heterocycles. The first-order chi connectivity index (χ1) is 8.54. The Morgan fingerprint density at radius 3 is 2.67 bits per heavy atom. The molecule has 0 spiro atoms. The van der Waals surface area contributed by atoms with Gasteiger partial charge in [-0.1, -0.05) is 62.8 Å². The van der Waals surface area contributed by atoms with Crippen molar-refractivity contribution in [2.75, 3.05) is 5.75 Å². The first-order valence-corrected chi connectivity index (χ1v) is 7.88. The molecule has 0 heterocycles. The van der Waals surface area contributed by atoms with Crippen LogP contribution in [0.3, 0.4) is 0 Å². The van der Waals surface area contributed by atoms with E-state index in [9.17, 15) is 0 Å². The van der Waals surface area contributed by atoms with Gasteiger partial charge in [0.2, 0.25) is 0 Å². The van der Waals surface area contributed by atoms with Gasteiger partial charge in [0.15, 0.2) is 0 Å². The highest BCUT2D eigenvalue weighted by molar-refractivity contribution is 8.00. The SMILES string of the molecule is CCSC1(C(C)(C)C2=CCC=C2)CC=CC=C1C. The Bertz CT molecular complexity index is 435. The number of rotatable bonds is 4. The lowest BCUT2D eigenvalue weighted by molar-refractivity contribution is 0.349. The lowest BCUT2D eigenvalue weighted by atomic mass is 9.67. The molecule has 1 unspecified atom stereocenters. The summed E-state index contributed by atoms with van der Waals surface area (Å²) in [7, 11) is 0. The lowest BCUT2D eigenvalue weighted by Crippen LogP contribution is -2.44. The zero-order valence-electron chi connectivity index (χ0n) is 12.0. The van der Waals surface area contributed by atoms with E-state index >= 15 is 0 Å². The van der Waals surface area contributed by atoms with E-state index in [-0.39, 0.29) is 10.2 Å². The van der Waals surface area contributed by atoms with Crippen molar-refractivity contribution in [3.63, 3.8) is 0 Å². The van der Waals surface area contributed by atoms with Crippen molar-refractivity contribution >= 4 is 11.8 Å². The predicted molar refractivity (Wildman–Crippen MR) is 84.0 cm³/mol. The summed E-state index contributed by atoms with van der Waals surface area (Å²) < 4.78 is 0.219. The van der Waals surface area contributed by atoms with E-state index in [1.54, 1.807) is 0 Å². The Morgan fingerprint density at radius 2 is 2.11 bits per heavy atom. The number of thioether (sulfide) groups is 1. The van der Waals surface area contributed by atoms with Gasteiger partial charge in [-0.15, -0.1) is 11.8 Å². The van der Waals surface area contributed by atoms with E-state index in [1.807, 2.05) is 0 Å². The molecule has 0 saturated heterocycles. The van der Waals surface area contributed by atoms with Gasteiger partial charge in [-0.05, 0) is 31.1 Å². The van der Waals surface area contributed by atoms with E-state index in [4.69, 9.17) is 0 Å². The van der Waals surface area contributed by atoms with Crippen molar-refractivity contribution in [3.05, 3.63) is 47.6 Å². The average molecular weight is 260 g/mol. The maximum Gasteiger partial charge on any atom is 0.0493 e. The minimum absolute atomic E-state index is 0.187. The third kappa shape index (κ3) is 2.03. The van der Waals surface area contributed by atoms with Crippen LogP contribution in [0.15, 0.2) is 47.6 Å². The summed E-state index contributed by atoms with van der Waals surface area (Å²) >= 11 is 2.11. The molecule has 1 heteroatoms. The van der Waals surface area contributed by atoms with Crippen molar-refractivity contribution in [1.29, 1.82) is 0 Å². The molecular formula is C17H24S. The summed E-state index contributed by atoms with van der Waals surface area (Å²) in [5.41, 5.74) is 3.21. The largest absolute Gasteiger partial charge is 0.150 e. The first kappa shape index (κ1) is 13.7. The van der Waals surface area contributed by atoms with E-state index in [1.165, 1.54) is 16.9 Å². The molecule has 1 atom stereocenters. The molecule has 0 fully saturated rings. The van der Waals surface area contributed by atoms with E-state index < -0.39 is 0 Å². The van der Waals surface area contributed by atoms with E-state index in [2.05, 4.69) is 75.9 Å². The maximum atomic E-state index is 2.41. The van der Waals surface area contributed by atoms with Crippen LogP contribution in [0.4, 0.5) is 0 Å². The highest BCUT2D eigenvalue weighted by Gasteiger charge is 2.47. The average Bonchev–Trinajstić information content (AvgIpc) is 2.86. The molecule has 2 aliphatic carbocycles. The number of hydrogen-bond donors (Lipinski definition) is 0. The van der Waals surface area contributed by atoms with Crippen LogP contribution < -0.4 is 0 Å². The van der Waals surface area contributed by atoms with Gasteiger partial charge < -0.3 is 0 Å². The fourth-order valence-electron chi connectivity index (χ4n) is 3.24. The minimum atomic E-state index is 0.187. The first-order valence-electron chi connectivity index (χ1n) is 6.89. The van der Waals surface area contributed by atoms with Crippen LogP contribution in [0.25, 0.3) is 0 Å². The van der Waals surface area contributed by atoms with Crippen LogP contribution >= 0.6 is 11.8 Å². The second-order valence-electron chi connectivity index (χ2n) is 5.66. The Kier molecular flexibility index (Phi) is 3.91. The molecule has 0 amide bonds. The van der Waals surface area contributed by atoms with E-state index in [0.29, 0.717) is 0 Å². The van der Waals surface area contributed by atoms with Gasteiger partial charge in [-0.25, -0.2) is 0 Å². The molecule has 18 heavy (non-hydrogen) atoms. The Labute approximate surface area is 116 Å². The quantitative estimate of drug-likeness (QED) is 0.661. The fraction of sp³-hybridized carbons (Fsp3) is 0.529. The lowest BCUT2D eigenvalue weighted by Gasteiger charge is -2.48. The Balaban J connectivity index is 2.44. The van der Waals surface area contributed by atoms with Gasteiger partial charge in [0.25, 0.3) is 0 Å². The van der Waals surface area contributed by atoms with Crippen LogP contribution in [0, 0.1) is 5.41 Å². The molecule has 0 saturated carbocycles. The highest BCUT2D eigenvalue weighted by atomic mass is 32.2. The van der Waals surface area contributed by atoms with Crippen molar-refractivity contribution in [3.8, 4) is 0 Å². The summed E-state index contributed by atoms with van der Waals surface area (Å²) in [6, 6.07) is 0. The van der Waals surface area contributed by atoms with Crippen LogP contribution in [0.1, 0.15) is 40.5 Å². The number of hydrogen-bond acceptors (Lipinski definition) is 1. The molecule has 0 nitrogen and oxygen atoms in total. The van der Waals surface area contributed by atoms with Gasteiger partial charge in [-0.2, -0.15) is 0 Å². The van der Waals surface area contributed by atoms with E-state index in [0.717, 1.165) is 12.8 Å². The van der Waals surface area contributed by atoms with Gasteiger partial charge in [0.05, 0.1) is 0 Å². The standard InChI is InChI=1S/C17H24S/c1-5-18-17(13-9-8-10-14(17)2)16(3,4)15-11-6-7-12-15/h6,8-12H,5,7,13H2,1-4H3. The Hall–Kier alpha value is -0.690. The zero-order valence-corrected chi connectivity index (χ0v) is 12.8. The van der Waals surface area contributed by atoms with Crippen molar-refractivity contribution in [1.82, 2.24) is 0 Å². The molecule has 2 aliphatic rings. The summed E-state index contributed by atoms with van der Waals surface area (Å²) in [5, 5.41) is 0. The smallest absolute Gasteiger partial charge is 0.0493 e. The summed E-state index contributed by atoms with van der Waals surface area (Å²) in [5.74, 6) is 1.17. The van der Waals surface area contributed by atoms with Crippen molar-refractivity contribution in [2.45, 2.75) is 45.3 Å². The van der Waals surface area contributed by atoms with Crippen LogP contribution in [0.2, 0.25) is 0 Å². The van der Waals surface area contributed by atoms with Crippen molar-refractivity contribution < 1.29 is 0 Å². The van der Waals surface area contributed by atoms with Gasteiger partial charge in [0, 0.05) is 10.2 Å². The van der Waals surface area contributed by atoms with Crippen LogP contribution in [-0.4, -0.2) is 10.5 Å². The van der Waals surface area contributed by atoms with Crippen molar-refractivity contribution in [2.24, 2.45) is 5.41 Å². The molecule has 2 rings (SSSR count). The summed E-state index contributed by atoms with van der Waals surface area (Å²) in [6.07, 6.45) is 16.1. The predicted octanol–water partition coefficient (Wildman–Crippen LogP) is 5.30. The highest BCUT2D eigenvalue weighted by Crippen LogP contribution is 2.55. The second-order valence-corrected chi connectivity index (χ2v) is 7.23. The second kappa shape index (κ2) is 5.13. The molecule has 98 valence electrons. The molecule has 0 aromatic carbocycles. The third-order valence-electron chi connectivity index (χ3n) is 4.42. The molecular weight excluding hydrogens is 236 g/mol.